The summed E-state index contributed by atoms with van der Waals surface area (Å²) < 4.78 is 6.82. The van der Waals surface area contributed by atoms with Gasteiger partial charge in [0.1, 0.15) is 6.54 Å². The Morgan fingerprint density at radius 3 is 2.61 bits per heavy atom. The molecule has 1 N–H and O–H groups in total. The largest absolute Gasteiger partial charge is 0.476 e. The van der Waals surface area contributed by atoms with Gasteiger partial charge in [-0.05, 0) is 19.3 Å². The van der Waals surface area contributed by atoms with Crippen molar-refractivity contribution in [3.05, 3.63) is 11.9 Å². The van der Waals surface area contributed by atoms with Crippen LogP contribution in [-0.2, 0) is 16.1 Å². The number of rotatable bonds is 7. The monoisotopic (exact) mass is 324 g/mol. The summed E-state index contributed by atoms with van der Waals surface area (Å²) in [6.07, 6.45) is 4.13. The highest BCUT2D eigenvalue weighted by Crippen LogP contribution is 2.50. The number of carbonyl (C=O) groups excluding carboxylic acids is 1. The lowest BCUT2D eigenvalue weighted by molar-refractivity contribution is -0.170. The maximum absolute atomic E-state index is 12.5. The molecule has 23 heavy (non-hydrogen) atoms. The SMILES string of the molecule is CCC1(CC)C(OC)CC1N(C)C(=O)Cn1cc(C(=O)O)nn1. The molecule has 0 aliphatic heterocycles. The first-order valence-electron chi connectivity index (χ1n) is 7.81. The number of hydrogen-bond donors (Lipinski definition) is 1. The molecular formula is C15H24N4O4. The van der Waals surface area contributed by atoms with E-state index in [9.17, 15) is 9.59 Å². The van der Waals surface area contributed by atoms with Crippen LogP contribution < -0.4 is 0 Å². The summed E-state index contributed by atoms with van der Waals surface area (Å²) >= 11 is 0. The average Bonchev–Trinajstić information content (AvgIpc) is 2.96. The summed E-state index contributed by atoms with van der Waals surface area (Å²) in [6, 6.07) is 0.123. The summed E-state index contributed by atoms with van der Waals surface area (Å²) in [7, 11) is 3.50. The Balaban J connectivity index is 2.06. The van der Waals surface area contributed by atoms with Gasteiger partial charge in [-0.15, -0.1) is 5.10 Å². The third-order valence-electron chi connectivity index (χ3n) is 5.26. The maximum Gasteiger partial charge on any atom is 0.358 e. The Labute approximate surface area is 135 Å². The molecule has 8 heteroatoms. The number of hydrogen-bond acceptors (Lipinski definition) is 5. The standard InChI is InChI=1S/C15H24N4O4/c1-5-15(6-2)11(7-12(15)23-4)18(3)13(20)9-19-8-10(14(21)22)16-17-19/h8,11-12H,5-7,9H2,1-4H3,(H,21,22). The highest BCUT2D eigenvalue weighted by molar-refractivity contribution is 5.84. The van der Waals surface area contributed by atoms with E-state index in [0.717, 1.165) is 19.3 Å². The molecule has 1 saturated carbocycles. The minimum Gasteiger partial charge on any atom is -0.476 e. The van der Waals surface area contributed by atoms with Gasteiger partial charge in [0.25, 0.3) is 0 Å². The van der Waals surface area contributed by atoms with Gasteiger partial charge in [0.15, 0.2) is 5.69 Å². The zero-order valence-electron chi connectivity index (χ0n) is 14.0. The number of carbonyl (C=O) groups is 2. The quantitative estimate of drug-likeness (QED) is 0.804. The lowest BCUT2D eigenvalue weighted by Gasteiger charge is -2.57. The van der Waals surface area contributed by atoms with Gasteiger partial charge in [0.2, 0.25) is 5.91 Å². The van der Waals surface area contributed by atoms with E-state index in [0.29, 0.717) is 0 Å². The molecule has 1 aromatic heterocycles. The second-order valence-corrected chi connectivity index (χ2v) is 6.03. The number of methoxy groups -OCH3 is 1. The summed E-state index contributed by atoms with van der Waals surface area (Å²) in [5.74, 6) is -1.27. The first-order valence-corrected chi connectivity index (χ1v) is 7.81. The molecule has 1 amide bonds. The second kappa shape index (κ2) is 6.66. The van der Waals surface area contributed by atoms with Gasteiger partial charge in [-0.1, -0.05) is 19.1 Å². The van der Waals surface area contributed by atoms with E-state index in [2.05, 4.69) is 24.2 Å². The Kier molecular flexibility index (Phi) is 5.03. The highest BCUT2D eigenvalue weighted by Gasteiger charge is 2.55. The van der Waals surface area contributed by atoms with Crippen LogP contribution in [0.3, 0.4) is 0 Å². The van der Waals surface area contributed by atoms with Gasteiger partial charge in [-0.3, -0.25) is 4.79 Å². The molecule has 1 aliphatic carbocycles. The van der Waals surface area contributed by atoms with Crippen molar-refractivity contribution in [2.24, 2.45) is 5.41 Å². The first-order chi connectivity index (χ1) is 10.9. The molecule has 0 aromatic carbocycles. The number of aromatic nitrogens is 3. The summed E-state index contributed by atoms with van der Waals surface area (Å²) in [6.45, 7) is 4.22. The number of carboxylic acids is 1. The molecule has 0 radical (unpaired) electrons. The van der Waals surface area contributed by atoms with Crippen molar-refractivity contribution in [3.8, 4) is 0 Å². The summed E-state index contributed by atoms with van der Waals surface area (Å²) in [5.41, 5.74) is -0.187. The van der Waals surface area contributed by atoms with Crippen LogP contribution in [0.25, 0.3) is 0 Å². The predicted octanol–water partition coefficient (Wildman–Crippen LogP) is 1.03. The van der Waals surface area contributed by atoms with Crippen molar-refractivity contribution in [2.45, 2.75) is 51.8 Å². The van der Waals surface area contributed by atoms with Crippen LogP contribution in [-0.4, -0.2) is 63.2 Å². The van der Waals surface area contributed by atoms with Crippen LogP contribution in [0.2, 0.25) is 0 Å². The van der Waals surface area contributed by atoms with E-state index in [4.69, 9.17) is 9.84 Å². The highest BCUT2D eigenvalue weighted by atomic mass is 16.5. The van der Waals surface area contributed by atoms with Crippen LogP contribution in [0.5, 0.6) is 0 Å². The molecule has 128 valence electrons. The lowest BCUT2D eigenvalue weighted by Crippen LogP contribution is -2.64. The fraction of sp³-hybridized carbons (Fsp3) is 0.733. The molecule has 1 fully saturated rings. The molecule has 1 heterocycles. The topological polar surface area (TPSA) is 97.5 Å². The number of likely N-dealkylation sites (N-methyl/N-ethyl adjacent to an activating group) is 1. The van der Waals surface area contributed by atoms with Crippen molar-refractivity contribution < 1.29 is 19.4 Å². The van der Waals surface area contributed by atoms with E-state index in [1.165, 1.54) is 10.9 Å². The molecule has 2 atom stereocenters. The van der Waals surface area contributed by atoms with Crippen LogP contribution in [0.4, 0.5) is 0 Å². The molecule has 0 spiro atoms. The van der Waals surface area contributed by atoms with Crippen LogP contribution in [0, 0.1) is 5.41 Å². The maximum atomic E-state index is 12.5. The van der Waals surface area contributed by atoms with Crippen molar-refractivity contribution >= 4 is 11.9 Å². The Bertz CT molecular complexity index is 582. The average molecular weight is 324 g/mol. The van der Waals surface area contributed by atoms with Crippen molar-refractivity contribution in [1.29, 1.82) is 0 Å². The van der Waals surface area contributed by atoms with E-state index >= 15 is 0 Å². The van der Waals surface area contributed by atoms with E-state index in [1.54, 1.807) is 19.1 Å². The first kappa shape index (κ1) is 17.4. The minimum atomic E-state index is -1.16. The molecule has 0 bridgehead atoms. The molecule has 2 rings (SSSR count). The normalized spacial score (nSPS) is 22.4. The third kappa shape index (κ3) is 2.95. The predicted molar refractivity (Wildman–Crippen MR) is 82.0 cm³/mol. The molecule has 1 aliphatic rings. The summed E-state index contributed by atoms with van der Waals surface area (Å²) in [5, 5.41) is 16.0. The van der Waals surface area contributed by atoms with Gasteiger partial charge >= 0.3 is 5.97 Å². The smallest absolute Gasteiger partial charge is 0.358 e. The van der Waals surface area contributed by atoms with Gasteiger partial charge in [-0.25, -0.2) is 9.48 Å². The fourth-order valence-corrected chi connectivity index (χ4v) is 3.68. The molecule has 1 aromatic rings. The zero-order chi connectivity index (χ0) is 17.2. The van der Waals surface area contributed by atoms with E-state index < -0.39 is 5.97 Å². The number of nitrogens with zero attached hydrogens (tertiary/aromatic N) is 4. The van der Waals surface area contributed by atoms with E-state index in [1.807, 2.05) is 0 Å². The third-order valence-corrected chi connectivity index (χ3v) is 5.26. The van der Waals surface area contributed by atoms with Crippen LogP contribution in [0.1, 0.15) is 43.6 Å². The zero-order valence-corrected chi connectivity index (χ0v) is 14.0. The number of ether oxygens (including phenoxy) is 1. The molecule has 8 nitrogen and oxygen atoms in total. The molecular weight excluding hydrogens is 300 g/mol. The van der Waals surface area contributed by atoms with Gasteiger partial charge in [-0.2, -0.15) is 0 Å². The lowest BCUT2D eigenvalue weighted by atomic mass is 9.58. The van der Waals surface area contributed by atoms with Crippen molar-refractivity contribution in [2.75, 3.05) is 14.2 Å². The van der Waals surface area contributed by atoms with Crippen molar-refractivity contribution in [3.63, 3.8) is 0 Å². The van der Waals surface area contributed by atoms with Crippen LogP contribution >= 0.6 is 0 Å². The van der Waals surface area contributed by atoms with Gasteiger partial charge < -0.3 is 14.7 Å². The number of amides is 1. The second-order valence-electron chi connectivity index (χ2n) is 6.03. The van der Waals surface area contributed by atoms with Crippen molar-refractivity contribution in [1.82, 2.24) is 19.9 Å². The van der Waals surface area contributed by atoms with Gasteiger partial charge in [0.05, 0.1) is 12.3 Å². The fourth-order valence-electron chi connectivity index (χ4n) is 3.68. The minimum absolute atomic E-state index is 0.0194. The Morgan fingerprint density at radius 1 is 1.48 bits per heavy atom. The summed E-state index contributed by atoms with van der Waals surface area (Å²) in [4.78, 5) is 25.0. The molecule has 0 saturated heterocycles. The van der Waals surface area contributed by atoms with Gasteiger partial charge in [0, 0.05) is 25.6 Å². The van der Waals surface area contributed by atoms with Crippen LogP contribution in [0.15, 0.2) is 6.20 Å². The Morgan fingerprint density at radius 2 is 2.13 bits per heavy atom. The number of aromatic carboxylic acids is 1. The number of carboxylic acid groups (broad SMARTS) is 1. The Hall–Kier alpha value is -1.96. The van der Waals surface area contributed by atoms with E-state index in [-0.39, 0.29) is 35.7 Å². The molecule has 2 unspecified atom stereocenters.